The van der Waals surface area contributed by atoms with Gasteiger partial charge in [0.15, 0.2) is 0 Å². The highest BCUT2D eigenvalue weighted by atomic mass is 35.5. The maximum absolute atomic E-state index is 12.3. The van der Waals surface area contributed by atoms with Crippen molar-refractivity contribution in [2.45, 2.75) is 58.6 Å². The van der Waals surface area contributed by atoms with Crippen LogP contribution in [0.2, 0.25) is 5.02 Å². The molecule has 0 aliphatic heterocycles. The monoisotopic (exact) mass is 319 g/mol. The molecule has 0 saturated carbocycles. The summed E-state index contributed by atoms with van der Waals surface area (Å²) in [5, 5.41) is 3.77. The van der Waals surface area contributed by atoms with Crippen LogP contribution < -0.4 is 10.1 Å². The van der Waals surface area contributed by atoms with E-state index in [1.165, 1.54) is 38.2 Å². The number of hydrogen-bond acceptors (Lipinski definition) is 2. The molecule has 0 fully saturated rings. The van der Waals surface area contributed by atoms with Crippen LogP contribution in [0.3, 0.4) is 0 Å². The number of unbranched alkanes of at least 4 members (excludes halogenated alkanes) is 5. The van der Waals surface area contributed by atoms with E-state index in [-0.39, 0.29) is 5.75 Å². The van der Waals surface area contributed by atoms with Gasteiger partial charge in [0.2, 0.25) is 0 Å². The molecule has 5 heteroatoms. The van der Waals surface area contributed by atoms with E-state index >= 15 is 0 Å². The molecule has 0 heterocycles. The predicted octanol–water partition coefficient (Wildman–Crippen LogP) is 5.39. The van der Waals surface area contributed by atoms with Crippen LogP contribution in [0.1, 0.15) is 51.0 Å². The van der Waals surface area contributed by atoms with Gasteiger partial charge in [-0.3, -0.25) is 0 Å². The lowest BCUT2D eigenvalue weighted by atomic mass is 10.1. The van der Waals surface area contributed by atoms with E-state index in [9.17, 15) is 8.78 Å². The summed E-state index contributed by atoms with van der Waals surface area (Å²) in [4.78, 5) is 0. The fourth-order valence-electron chi connectivity index (χ4n) is 2.15. The Bertz CT molecular complexity index is 402. The van der Waals surface area contributed by atoms with Crippen LogP contribution in [0.15, 0.2) is 18.2 Å². The zero-order valence-electron chi connectivity index (χ0n) is 12.5. The Morgan fingerprint density at radius 1 is 1.14 bits per heavy atom. The summed E-state index contributed by atoms with van der Waals surface area (Å²) < 4.78 is 29.1. The smallest absolute Gasteiger partial charge is 0.387 e. The van der Waals surface area contributed by atoms with Crippen LogP contribution in [0.4, 0.5) is 8.78 Å². The minimum atomic E-state index is -2.82. The van der Waals surface area contributed by atoms with Gasteiger partial charge >= 0.3 is 6.61 Å². The first-order valence-corrected chi connectivity index (χ1v) is 7.95. The van der Waals surface area contributed by atoms with Crippen molar-refractivity contribution in [2.24, 2.45) is 0 Å². The lowest BCUT2D eigenvalue weighted by Gasteiger charge is -2.12. The van der Waals surface area contributed by atoms with Gasteiger partial charge in [-0.2, -0.15) is 8.78 Å². The molecule has 21 heavy (non-hydrogen) atoms. The average molecular weight is 320 g/mol. The van der Waals surface area contributed by atoms with Crippen LogP contribution in [-0.4, -0.2) is 13.2 Å². The van der Waals surface area contributed by atoms with Gasteiger partial charge in [-0.25, -0.2) is 0 Å². The molecule has 1 N–H and O–H groups in total. The largest absolute Gasteiger partial charge is 0.434 e. The molecule has 0 saturated heterocycles. The van der Waals surface area contributed by atoms with Crippen LogP contribution in [0, 0.1) is 0 Å². The molecule has 1 aromatic carbocycles. The van der Waals surface area contributed by atoms with Crippen molar-refractivity contribution in [3.05, 3.63) is 28.8 Å². The van der Waals surface area contributed by atoms with E-state index < -0.39 is 6.61 Å². The van der Waals surface area contributed by atoms with Crippen LogP contribution in [-0.2, 0) is 6.54 Å². The molecule has 0 spiro atoms. The zero-order chi connectivity index (χ0) is 15.5. The molecule has 0 radical (unpaired) electrons. The quantitative estimate of drug-likeness (QED) is 0.552. The average Bonchev–Trinajstić information content (AvgIpc) is 2.44. The zero-order valence-corrected chi connectivity index (χ0v) is 13.3. The molecule has 2 nitrogen and oxygen atoms in total. The van der Waals surface area contributed by atoms with Crippen molar-refractivity contribution < 1.29 is 13.5 Å². The van der Waals surface area contributed by atoms with Gasteiger partial charge in [0, 0.05) is 17.1 Å². The Hall–Kier alpha value is -0.870. The van der Waals surface area contributed by atoms with Crippen molar-refractivity contribution >= 4 is 11.6 Å². The van der Waals surface area contributed by atoms with Gasteiger partial charge in [0.1, 0.15) is 5.75 Å². The van der Waals surface area contributed by atoms with Crippen molar-refractivity contribution in [2.75, 3.05) is 6.54 Å². The Morgan fingerprint density at radius 2 is 1.86 bits per heavy atom. The predicted molar refractivity (Wildman–Crippen MR) is 83.2 cm³/mol. The maximum atomic E-state index is 12.3. The number of benzene rings is 1. The second kappa shape index (κ2) is 10.8. The van der Waals surface area contributed by atoms with Gasteiger partial charge in [0.25, 0.3) is 0 Å². The Labute approximate surface area is 130 Å². The summed E-state index contributed by atoms with van der Waals surface area (Å²) in [7, 11) is 0. The van der Waals surface area contributed by atoms with E-state index in [4.69, 9.17) is 11.6 Å². The van der Waals surface area contributed by atoms with Crippen molar-refractivity contribution in [1.29, 1.82) is 0 Å². The second-order valence-corrected chi connectivity index (χ2v) is 5.51. The summed E-state index contributed by atoms with van der Waals surface area (Å²) in [6, 6.07) is 4.69. The first kappa shape index (κ1) is 18.2. The standard InChI is InChI=1S/C16H24ClF2NO/c1-2-3-4-5-6-7-10-20-12-13-11-14(17)8-9-15(13)21-16(18)19/h8-9,11,16,20H,2-7,10,12H2,1H3. The SMILES string of the molecule is CCCCCCCCNCc1cc(Cl)ccc1OC(F)F. The number of hydrogen-bond donors (Lipinski definition) is 1. The summed E-state index contributed by atoms with van der Waals surface area (Å²) in [5.74, 6) is 0.185. The van der Waals surface area contributed by atoms with Gasteiger partial charge in [-0.05, 0) is 31.2 Å². The van der Waals surface area contributed by atoms with E-state index in [1.54, 1.807) is 12.1 Å². The van der Waals surface area contributed by atoms with Crippen LogP contribution >= 0.6 is 11.6 Å². The third-order valence-corrected chi connectivity index (χ3v) is 3.50. The van der Waals surface area contributed by atoms with Crippen LogP contribution in [0.5, 0.6) is 5.75 Å². The number of nitrogens with one attached hydrogen (secondary N) is 1. The molecule has 0 aromatic heterocycles. The van der Waals surface area contributed by atoms with Crippen molar-refractivity contribution in [3.63, 3.8) is 0 Å². The molecule has 0 amide bonds. The molecule has 1 aromatic rings. The second-order valence-electron chi connectivity index (χ2n) is 5.08. The normalized spacial score (nSPS) is 11.1. The molecule has 0 atom stereocenters. The fraction of sp³-hybridized carbons (Fsp3) is 0.625. The molecule has 0 aliphatic rings. The minimum absolute atomic E-state index is 0.185. The summed E-state index contributed by atoms with van der Waals surface area (Å²) in [6.45, 7) is 0.735. The van der Waals surface area contributed by atoms with E-state index in [0.717, 1.165) is 13.0 Å². The summed E-state index contributed by atoms with van der Waals surface area (Å²) in [6.07, 6.45) is 7.38. The Morgan fingerprint density at radius 3 is 2.57 bits per heavy atom. The molecular formula is C16H24ClF2NO. The first-order chi connectivity index (χ1) is 10.1. The van der Waals surface area contributed by atoms with E-state index in [1.807, 2.05) is 0 Å². The topological polar surface area (TPSA) is 21.3 Å². The van der Waals surface area contributed by atoms with Gasteiger partial charge in [-0.15, -0.1) is 0 Å². The lowest BCUT2D eigenvalue weighted by molar-refractivity contribution is -0.0504. The van der Waals surface area contributed by atoms with Gasteiger partial charge < -0.3 is 10.1 Å². The summed E-state index contributed by atoms with van der Waals surface area (Å²) in [5.41, 5.74) is 0.661. The molecule has 1 rings (SSSR count). The maximum Gasteiger partial charge on any atom is 0.387 e. The Kier molecular flexibility index (Phi) is 9.35. The van der Waals surface area contributed by atoms with Gasteiger partial charge in [0.05, 0.1) is 0 Å². The Balaban J connectivity index is 2.29. The number of halogens is 3. The molecule has 0 aliphatic carbocycles. The first-order valence-electron chi connectivity index (χ1n) is 7.57. The number of rotatable bonds is 11. The highest BCUT2D eigenvalue weighted by Gasteiger charge is 2.09. The minimum Gasteiger partial charge on any atom is -0.434 e. The third kappa shape index (κ3) is 8.22. The van der Waals surface area contributed by atoms with Crippen molar-refractivity contribution in [1.82, 2.24) is 5.32 Å². The molecular weight excluding hydrogens is 296 g/mol. The van der Waals surface area contributed by atoms with Crippen molar-refractivity contribution in [3.8, 4) is 5.75 Å². The number of alkyl halides is 2. The fourth-order valence-corrected chi connectivity index (χ4v) is 2.35. The molecule has 0 unspecified atom stereocenters. The highest BCUT2D eigenvalue weighted by Crippen LogP contribution is 2.24. The highest BCUT2D eigenvalue weighted by molar-refractivity contribution is 6.30. The van der Waals surface area contributed by atoms with E-state index in [0.29, 0.717) is 17.1 Å². The summed E-state index contributed by atoms with van der Waals surface area (Å²) >= 11 is 5.89. The number of ether oxygens (including phenoxy) is 1. The van der Waals surface area contributed by atoms with Crippen LogP contribution in [0.25, 0.3) is 0 Å². The molecule has 0 bridgehead atoms. The third-order valence-electron chi connectivity index (χ3n) is 3.26. The van der Waals surface area contributed by atoms with Gasteiger partial charge in [-0.1, -0.05) is 50.6 Å². The van der Waals surface area contributed by atoms with E-state index in [2.05, 4.69) is 17.0 Å². The lowest BCUT2D eigenvalue weighted by Crippen LogP contribution is -2.16. The molecule has 120 valence electrons.